The Hall–Kier alpha value is -1.17. The van der Waals surface area contributed by atoms with Gasteiger partial charge in [-0.2, -0.15) is 24.9 Å². The van der Waals surface area contributed by atoms with Crippen LogP contribution in [0.3, 0.4) is 0 Å². The van der Waals surface area contributed by atoms with Crippen LogP contribution in [-0.2, 0) is 11.0 Å². The number of alkyl halides is 3. The van der Waals surface area contributed by atoms with Gasteiger partial charge in [-0.25, -0.2) is 0 Å². The Bertz CT molecular complexity index is 417. The summed E-state index contributed by atoms with van der Waals surface area (Å²) in [6, 6.07) is 4.91. The van der Waals surface area contributed by atoms with Crippen molar-refractivity contribution in [2.45, 2.75) is 31.2 Å². The number of halogens is 3. The number of carbonyl (C=O) groups excluding carboxylic acids is 1. The van der Waals surface area contributed by atoms with Crippen LogP contribution in [0.25, 0.3) is 0 Å². The van der Waals surface area contributed by atoms with Gasteiger partial charge in [-0.05, 0) is 29.9 Å². The normalized spacial score (nSPS) is 13.3. The molecule has 0 aliphatic rings. The molecule has 0 spiro atoms. The molecule has 1 unspecified atom stereocenters. The second-order valence-corrected chi connectivity index (χ2v) is 5.46. The van der Waals surface area contributed by atoms with Crippen LogP contribution in [0.15, 0.2) is 24.3 Å². The average Bonchev–Trinajstić information content (AvgIpc) is 2.33. The van der Waals surface area contributed by atoms with Crippen LogP contribution in [0.5, 0.6) is 0 Å². The first kappa shape index (κ1) is 15.9. The SMILES string of the molecule is CCCSC(CC(N)=O)c1ccc(C(F)(F)F)cc1. The first-order chi connectivity index (χ1) is 8.84. The third-order valence-corrected chi connectivity index (χ3v) is 4.00. The molecular weight excluding hydrogens is 275 g/mol. The third-order valence-electron chi connectivity index (χ3n) is 2.52. The van der Waals surface area contributed by atoms with E-state index in [4.69, 9.17) is 5.73 Å². The lowest BCUT2D eigenvalue weighted by Gasteiger charge is -2.16. The molecule has 0 fully saturated rings. The molecular formula is C13H16F3NOS. The van der Waals surface area contributed by atoms with Gasteiger partial charge in [0.15, 0.2) is 0 Å². The standard InChI is InChI=1S/C13H16F3NOS/c1-2-7-19-11(8-12(17)18)9-3-5-10(6-4-9)13(14,15)16/h3-6,11H,2,7-8H2,1H3,(H2,17,18). The summed E-state index contributed by atoms with van der Waals surface area (Å²) in [5.74, 6) is 0.382. The zero-order valence-electron chi connectivity index (χ0n) is 10.5. The molecule has 1 aromatic rings. The van der Waals surface area contributed by atoms with Crippen molar-refractivity contribution in [3.8, 4) is 0 Å². The monoisotopic (exact) mass is 291 g/mol. The van der Waals surface area contributed by atoms with Gasteiger partial charge in [0.05, 0.1) is 5.56 Å². The number of hydrogen-bond acceptors (Lipinski definition) is 2. The van der Waals surface area contributed by atoms with E-state index >= 15 is 0 Å². The molecule has 0 aliphatic carbocycles. The molecule has 106 valence electrons. The van der Waals surface area contributed by atoms with Crippen molar-refractivity contribution in [1.82, 2.24) is 0 Å². The molecule has 19 heavy (non-hydrogen) atoms. The van der Waals surface area contributed by atoms with E-state index in [1.165, 1.54) is 23.9 Å². The maximum Gasteiger partial charge on any atom is 0.416 e. The summed E-state index contributed by atoms with van der Waals surface area (Å²) in [5.41, 5.74) is 5.18. The molecule has 1 aromatic carbocycles. The minimum Gasteiger partial charge on any atom is -0.370 e. The lowest BCUT2D eigenvalue weighted by atomic mass is 10.1. The molecule has 1 rings (SSSR count). The number of carbonyl (C=O) groups is 1. The van der Waals surface area contributed by atoms with Gasteiger partial charge in [-0.15, -0.1) is 0 Å². The summed E-state index contributed by atoms with van der Waals surface area (Å²) in [7, 11) is 0. The average molecular weight is 291 g/mol. The van der Waals surface area contributed by atoms with Gasteiger partial charge in [0.25, 0.3) is 0 Å². The Kier molecular flexibility index (Phi) is 5.72. The van der Waals surface area contributed by atoms with Crippen LogP contribution in [-0.4, -0.2) is 11.7 Å². The van der Waals surface area contributed by atoms with Gasteiger partial charge in [0.2, 0.25) is 5.91 Å². The second kappa shape index (κ2) is 6.84. The van der Waals surface area contributed by atoms with E-state index in [9.17, 15) is 18.0 Å². The molecule has 0 radical (unpaired) electrons. The number of nitrogens with two attached hydrogens (primary N) is 1. The molecule has 0 aliphatic heterocycles. The highest BCUT2D eigenvalue weighted by molar-refractivity contribution is 7.99. The van der Waals surface area contributed by atoms with Gasteiger partial charge in [-0.3, -0.25) is 4.79 Å². The van der Waals surface area contributed by atoms with E-state index in [1.54, 1.807) is 0 Å². The molecule has 0 aromatic heterocycles. The quantitative estimate of drug-likeness (QED) is 0.867. The molecule has 0 bridgehead atoms. The summed E-state index contributed by atoms with van der Waals surface area (Å²) < 4.78 is 37.4. The number of benzene rings is 1. The molecule has 0 saturated heterocycles. The first-order valence-corrected chi connectivity index (χ1v) is 6.96. The Morgan fingerprint density at radius 1 is 1.32 bits per heavy atom. The Labute approximate surface area is 114 Å². The molecule has 0 saturated carbocycles. The lowest BCUT2D eigenvalue weighted by molar-refractivity contribution is -0.137. The predicted molar refractivity (Wildman–Crippen MR) is 70.7 cm³/mol. The fourth-order valence-corrected chi connectivity index (χ4v) is 2.75. The fraction of sp³-hybridized carbons (Fsp3) is 0.462. The fourth-order valence-electron chi connectivity index (χ4n) is 1.60. The van der Waals surface area contributed by atoms with Gasteiger partial charge >= 0.3 is 6.18 Å². The molecule has 1 amide bonds. The van der Waals surface area contributed by atoms with E-state index in [-0.39, 0.29) is 11.7 Å². The highest BCUT2D eigenvalue weighted by Crippen LogP contribution is 2.35. The molecule has 6 heteroatoms. The van der Waals surface area contributed by atoms with Crippen molar-refractivity contribution in [1.29, 1.82) is 0 Å². The molecule has 2 N–H and O–H groups in total. The minimum absolute atomic E-state index is 0.135. The number of primary amides is 1. The second-order valence-electron chi connectivity index (χ2n) is 4.15. The van der Waals surface area contributed by atoms with Crippen molar-refractivity contribution in [2.24, 2.45) is 5.73 Å². The summed E-state index contributed by atoms with van der Waals surface area (Å²) >= 11 is 1.53. The van der Waals surface area contributed by atoms with Crippen LogP contribution in [0.1, 0.15) is 36.1 Å². The Balaban J connectivity index is 2.87. The Morgan fingerprint density at radius 3 is 2.32 bits per heavy atom. The van der Waals surface area contributed by atoms with E-state index in [0.717, 1.165) is 24.3 Å². The highest BCUT2D eigenvalue weighted by atomic mass is 32.2. The summed E-state index contributed by atoms with van der Waals surface area (Å²) in [6.07, 6.45) is -3.27. The van der Waals surface area contributed by atoms with Gasteiger partial charge < -0.3 is 5.73 Å². The van der Waals surface area contributed by atoms with Crippen LogP contribution in [0, 0.1) is 0 Å². The van der Waals surface area contributed by atoms with Crippen LogP contribution in [0.2, 0.25) is 0 Å². The van der Waals surface area contributed by atoms with Gasteiger partial charge in [0, 0.05) is 11.7 Å². The first-order valence-electron chi connectivity index (χ1n) is 5.91. The predicted octanol–water partition coefficient (Wildman–Crippen LogP) is 3.77. The van der Waals surface area contributed by atoms with Gasteiger partial charge in [0.1, 0.15) is 0 Å². The Morgan fingerprint density at radius 2 is 1.89 bits per heavy atom. The third kappa shape index (κ3) is 5.14. The van der Waals surface area contributed by atoms with Crippen LogP contribution < -0.4 is 5.73 Å². The molecule has 0 heterocycles. The topological polar surface area (TPSA) is 43.1 Å². The largest absolute Gasteiger partial charge is 0.416 e. The van der Waals surface area contributed by atoms with Crippen LogP contribution in [0.4, 0.5) is 13.2 Å². The molecule has 1 atom stereocenters. The van der Waals surface area contributed by atoms with Crippen molar-refractivity contribution >= 4 is 17.7 Å². The zero-order valence-corrected chi connectivity index (χ0v) is 11.4. The van der Waals surface area contributed by atoms with Crippen molar-refractivity contribution in [3.05, 3.63) is 35.4 Å². The summed E-state index contributed by atoms with van der Waals surface area (Å²) in [5, 5.41) is -0.181. The maximum absolute atomic E-state index is 12.5. The number of thioether (sulfide) groups is 1. The molecule has 2 nitrogen and oxygen atoms in total. The number of rotatable bonds is 6. The van der Waals surface area contributed by atoms with Crippen molar-refractivity contribution in [3.63, 3.8) is 0 Å². The van der Waals surface area contributed by atoms with Gasteiger partial charge in [-0.1, -0.05) is 19.1 Å². The summed E-state index contributed by atoms with van der Waals surface area (Å²) in [6.45, 7) is 2.00. The smallest absolute Gasteiger partial charge is 0.370 e. The van der Waals surface area contributed by atoms with E-state index in [1.807, 2.05) is 6.92 Å². The van der Waals surface area contributed by atoms with E-state index < -0.39 is 17.6 Å². The number of hydrogen-bond donors (Lipinski definition) is 1. The van der Waals surface area contributed by atoms with Crippen molar-refractivity contribution in [2.75, 3.05) is 5.75 Å². The lowest BCUT2D eigenvalue weighted by Crippen LogP contribution is -2.14. The number of amides is 1. The highest BCUT2D eigenvalue weighted by Gasteiger charge is 2.30. The van der Waals surface area contributed by atoms with Crippen molar-refractivity contribution < 1.29 is 18.0 Å². The summed E-state index contributed by atoms with van der Waals surface area (Å²) in [4.78, 5) is 11.0. The van der Waals surface area contributed by atoms with E-state index in [2.05, 4.69) is 0 Å². The van der Waals surface area contributed by atoms with E-state index in [0.29, 0.717) is 5.56 Å². The zero-order chi connectivity index (χ0) is 14.5. The van der Waals surface area contributed by atoms with Crippen LogP contribution >= 0.6 is 11.8 Å². The maximum atomic E-state index is 12.5. The minimum atomic E-state index is -4.34.